The van der Waals surface area contributed by atoms with E-state index in [1.54, 1.807) is 12.1 Å². The van der Waals surface area contributed by atoms with Crippen LogP contribution in [0.4, 0.5) is 0 Å². The summed E-state index contributed by atoms with van der Waals surface area (Å²) in [4.78, 5) is 12.0. The third kappa shape index (κ3) is 3.47. The number of rotatable bonds is 4. The largest absolute Gasteiger partial charge is 0.325 e. The van der Waals surface area contributed by atoms with Crippen molar-refractivity contribution < 1.29 is 4.79 Å². The van der Waals surface area contributed by atoms with E-state index in [0.29, 0.717) is 22.9 Å². The van der Waals surface area contributed by atoms with E-state index in [9.17, 15) is 4.79 Å². The number of carbonyl (C=O) groups is 1. The Labute approximate surface area is 117 Å². The molecule has 1 aromatic rings. The van der Waals surface area contributed by atoms with Crippen molar-refractivity contribution in [3.63, 3.8) is 0 Å². The van der Waals surface area contributed by atoms with Crippen LogP contribution in [-0.4, -0.2) is 11.3 Å². The van der Waals surface area contributed by atoms with E-state index in [2.05, 4.69) is 0 Å². The van der Waals surface area contributed by atoms with Gasteiger partial charge in [-0.3, -0.25) is 4.79 Å². The number of nitrogens with two attached hydrogens (primary N) is 1. The Bertz CT molecular complexity index is 453. The molecule has 0 heterocycles. The molecule has 4 heteroatoms. The second kappa shape index (κ2) is 5.60. The summed E-state index contributed by atoms with van der Waals surface area (Å²) in [6.07, 6.45) is 5.04. The van der Waals surface area contributed by atoms with Crippen LogP contribution in [0.2, 0.25) is 10.0 Å². The minimum Gasteiger partial charge on any atom is -0.325 e. The van der Waals surface area contributed by atoms with Crippen molar-refractivity contribution in [3.8, 4) is 0 Å². The lowest BCUT2D eigenvalue weighted by Crippen LogP contribution is -2.39. The van der Waals surface area contributed by atoms with Gasteiger partial charge in [-0.05, 0) is 30.5 Å². The topological polar surface area (TPSA) is 43.1 Å². The second-order valence-electron chi connectivity index (χ2n) is 5.21. The summed E-state index contributed by atoms with van der Waals surface area (Å²) in [5, 5.41) is 1.00. The quantitative estimate of drug-likeness (QED) is 0.915. The standard InChI is InChI=1S/C14H17Cl2NO/c15-12-4-3-10(8-13(12)16)7-11(18)9-14(17)5-1-2-6-14/h3-4,8H,1-2,5-7,9,17H2. The summed E-state index contributed by atoms with van der Waals surface area (Å²) in [6.45, 7) is 0. The molecule has 18 heavy (non-hydrogen) atoms. The fourth-order valence-corrected chi connectivity index (χ4v) is 2.91. The van der Waals surface area contributed by atoms with Gasteiger partial charge in [-0.1, -0.05) is 42.1 Å². The summed E-state index contributed by atoms with van der Waals surface area (Å²) in [7, 11) is 0. The number of Topliss-reactive ketones (excluding diaryl/α,β-unsaturated/α-hetero) is 1. The zero-order valence-electron chi connectivity index (χ0n) is 10.2. The average molecular weight is 286 g/mol. The summed E-state index contributed by atoms with van der Waals surface area (Å²) >= 11 is 11.8. The molecule has 2 nitrogen and oxygen atoms in total. The van der Waals surface area contributed by atoms with Crippen molar-refractivity contribution >= 4 is 29.0 Å². The Morgan fingerprint density at radius 2 is 1.89 bits per heavy atom. The lowest BCUT2D eigenvalue weighted by atomic mass is 9.90. The molecule has 1 saturated carbocycles. The molecule has 0 amide bonds. The molecule has 0 bridgehead atoms. The zero-order chi connectivity index (χ0) is 13.2. The molecule has 0 aliphatic heterocycles. The molecule has 1 fully saturated rings. The van der Waals surface area contributed by atoms with Gasteiger partial charge < -0.3 is 5.73 Å². The highest BCUT2D eigenvalue weighted by Gasteiger charge is 2.31. The van der Waals surface area contributed by atoms with Gasteiger partial charge >= 0.3 is 0 Å². The number of ketones is 1. The van der Waals surface area contributed by atoms with Crippen LogP contribution in [0.25, 0.3) is 0 Å². The summed E-state index contributed by atoms with van der Waals surface area (Å²) < 4.78 is 0. The van der Waals surface area contributed by atoms with E-state index < -0.39 is 0 Å². The second-order valence-corrected chi connectivity index (χ2v) is 6.02. The first kappa shape index (κ1) is 13.9. The molecule has 0 atom stereocenters. The van der Waals surface area contributed by atoms with E-state index in [4.69, 9.17) is 28.9 Å². The SMILES string of the molecule is NC1(CC(=O)Cc2ccc(Cl)c(Cl)c2)CCCC1. The molecule has 1 aromatic carbocycles. The fraction of sp³-hybridized carbons (Fsp3) is 0.500. The van der Waals surface area contributed by atoms with Gasteiger partial charge in [0.05, 0.1) is 10.0 Å². The number of hydrogen-bond acceptors (Lipinski definition) is 2. The van der Waals surface area contributed by atoms with Crippen molar-refractivity contribution in [1.82, 2.24) is 0 Å². The predicted molar refractivity (Wildman–Crippen MR) is 75.2 cm³/mol. The van der Waals surface area contributed by atoms with Crippen LogP contribution >= 0.6 is 23.2 Å². The molecular formula is C14H17Cl2NO. The molecular weight excluding hydrogens is 269 g/mol. The highest BCUT2D eigenvalue weighted by atomic mass is 35.5. The molecule has 0 saturated heterocycles. The minimum atomic E-state index is -0.271. The molecule has 98 valence electrons. The van der Waals surface area contributed by atoms with Gasteiger partial charge in [0.2, 0.25) is 0 Å². The van der Waals surface area contributed by atoms with Gasteiger partial charge in [0, 0.05) is 18.4 Å². The third-order valence-corrected chi connectivity index (χ3v) is 4.27. The molecule has 0 unspecified atom stereocenters. The van der Waals surface area contributed by atoms with Crippen LogP contribution in [0, 0.1) is 0 Å². The van der Waals surface area contributed by atoms with E-state index in [1.165, 1.54) is 0 Å². The van der Waals surface area contributed by atoms with Gasteiger partial charge in [-0.15, -0.1) is 0 Å². The van der Waals surface area contributed by atoms with Crippen LogP contribution in [0.5, 0.6) is 0 Å². The average Bonchev–Trinajstić information content (AvgIpc) is 2.70. The van der Waals surface area contributed by atoms with Crippen LogP contribution < -0.4 is 5.73 Å². The van der Waals surface area contributed by atoms with Crippen molar-refractivity contribution in [3.05, 3.63) is 33.8 Å². The minimum absolute atomic E-state index is 0.179. The van der Waals surface area contributed by atoms with Gasteiger partial charge in [0.15, 0.2) is 0 Å². The van der Waals surface area contributed by atoms with Crippen LogP contribution in [-0.2, 0) is 11.2 Å². The summed E-state index contributed by atoms with van der Waals surface area (Å²) in [6, 6.07) is 5.31. The molecule has 0 radical (unpaired) electrons. The fourth-order valence-electron chi connectivity index (χ4n) is 2.59. The van der Waals surface area contributed by atoms with Crippen molar-refractivity contribution in [2.24, 2.45) is 5.73 Å². The summed E-state index contributed by atoms with van der Waals surface area (Å²) in [5.74, 6) is 0.179. The smallest absolute Gasteiger partial charge is 0.139 e. The maximum Gasteiger partial charge on any atom is 0.139 e. The van der Waals surface area contributed by atoms with Gasteiger partial charge in [-0.2, -0.15) is 0 Å². The first-order valence-electron chi connectivity index (χ1n) is 6.23. The molecule has 2 N–H and O–H groups in total. The Hall–Kier alpha value is -0.570. The number of hydrogen-bond donors (Lipinski definition) is 1. The normalized spacial score (nSPS) is 17.9. The van der Waals surface area contributed by atoms with Crippen molar-refractivity contribution in [1.29, 1.82) is 0 Å². The lowest BCUT2D eigenvalue weighted by molar-refractivity contribution is -0.119. The zero-order valence-corrected chi connectivity index (χ0v) is 11.7. The Morgan fingerprint density at radius 3 is 2.50 bits per heavy atom. The summed E-state index contributed by atoms with van der Waals surface area (Å²) in [5.41, 5.74) is 6.83. The van der Waals surface area contributed by atoms with E-state index in [0.717, 1.165) is 31.2 Å². The van der Waals surface area contributed by atoms with Crippen molar-refractivity contribution in [2.75, 3.05) is 0 Å². The molecule has 1 aliphatic carbocycles. The Kier molecular flexibility index (Phi) is 4.31. The number of benzene rings is 1. The van der Waals surface area contributed by atoms with Crippen molar-refractivity contribution in [2.45, 2.75) is 44.1 Å². The first-order chi connectivity index (χ1) is 8.48. The predicted octanol–water partition coefficient (Wildman–Crippen LogP) is 3.77. The van der Waals surface area contributed by atoms with Crippen LogP contribution in [0.3, 0.4) is 0 Å². The molecule has 1 aliphatic rings. The molecule has 0 aromatic heterocycles. The number of carbonyl (C=O) groups excluding carboxylic acids is 1. The number of halogens is 2. The van der Waals surface area contributed by atoms with Gasteiger partial charge in [-0.25, -0.2) is 0 Å². The monoisotopic (exact) mass is 285 g/mol. The molecule has 0 spiro atoms. The lowest BCUT2D eigenvalue weighted by Gasteiger charge is -2.22. The first-order valence-corrected chi connectivity index (χ1v) is 6.99. The van der Waals surface area contributed by atoms with E-state index in [-0.39, 0.29) is 11.3 Å². The molecule has 2 rings (SSSR count). The maximum absolute atomic E-state index is 12.0. The Morgan fingerprint density at radius 1 is 1.22 bits per heavy atom. The Balaban J connectivity index is 1.96. The van der Waals surface area contributed by atoms with Gasteiger partial charge in [0.25, 0.3) is 0 Å². The highest BCUT2D eigenvalue weighted by Crippen LogP contribution is 2.31. The third-order valence-electron chi connectivity index (χ3n) is 3.53. The van der Waals surface area contributed by atoms with E-state index >= 15 is 0 Å². The maximum atomic E-state index is 12.0. The van der Waals surface area contributed by atoms with E-state index in [1.807, 2.05) is 6.07 Å². The highest BCUT2D eigenvalue weighted by molar-refractivity contribution is 6.42. The van der Waals surface area contributed by atoms with Crippen LogP contribution in [0.1, 0.15) is 37.7 Å². The van der Waals surface area contributed by atoms with Crippen LogP contribution in [0.15, 0.2) is 18.2 Å². The van der Waals surface area contributed by atoms with Gasteiger partial charge in [0.1, 0.15) is 5.78 Å².